The van der Waals surface area contributed by atoms with Crippen LogP contribution < -0.4 is 5.32 Å². The highest BCUT2D eigenvalue weighted by molar-refractivity contribution is 8.15. The molecule has 1 aromatic rings. The summed E-state index contributed by atoms with van der Waals surface area (Å²) >= 11 is 1.26. The van der Waals surface area contributed by atoms with Crippen molar-refractivity contribution in [3.63, 3.8) is 0 Å². The van der Waals surface area contributed by atoms with Crippen LogP contribution in [-0.2, 0) is 14.3 Å². The number of ether oxygens (including phenoxy) is 1. The number of rotatable bonds is 5. The van der Waals surface area contributed by atoms with Crippen molar-refractivity contribution in [2.24, 2.45) is 10.2 Å². The van der Waals surface area contributed by atoms with Gasteiger partial charge in [-0.2, -0.15) is 5.10 Å². The summed E-state index contributed by atoms with van der Waals surface area (Å²) < 4.78 is 9.86. The van der Waals surface area contributed by atoms with E-state index in [0.29, 0.717) is 17.3 Å². The molecule has 1 atom stereocenters. The van der Waals surface area contributed by atoms with Crippen molar-refractivity contribution in [3.8, 4) is 0 Å². The minimum Gasteiger partial charge on any atom is -0.466 e. The van der Waals surface area contributed by atoms with Gasteiger partial charge in [0.1, 0.15) is 5.76 Å². The summed E-state index contributed by atoms with van der Waals surface area (Å²) in [7, 11) is 0. The van der Waals surface area contributed by atoms with E-state index in [2.05, 4.69) is 15.5 Å². The molecule has 1 aliphatic rings. The highest BCUT2D eigenvalue weighted by atomic mass is 32.2. The predicted octanol–water partition coefficient (Wildman–Crippen LogP) is 1.15. The molecule has 0 aliphatic carbocycles. The van der Waals surface area contributed by atoms with Crippen molar-refractivity contribution < 1.29 is 18.7 Å². The Balaban J connectivity index is 1.83. The zero-order chi connectivity index (χ0) is 14.4. The monoisotopic (exact) mass is 295 g/mol. The minimum absolute atomic E-state index is 0.158. The zero-order valence-electron chi connectivity index (χ0n) is 10.7. The average Bonchev–Trinajstić information content (AvgIpc) is 3.00. The van der Waals surface area contributed by atoms with Crippen molar-refractivity contribution >= 4 is 35.0 Å². The molecule has 20 heavy (non-hydrogen) atoms. The maximum atomic E-state index is 11.6. The Hall–Kier alpha value is -2.09. The Morgan fingerprint density at radius 2 is 2.50 bits per heavy atom. The number of thioether (sulfide) groups is 1. The lowest BCUT2D eigenvalue weighted by Gasteiger charge is -2.04. The number of nitrogens with zero attached hydrogens (tertiary/aromatic N) is 2. The first-order valence-corrected chi connectivity index (χ1v) is 6.78. The maximum Gasteiger partial charge on any atom is 0.302 e. The van der Waals surface area contributed by atoms with Gasteiger partial charge in [-0.1, -0.05) is 11.8 Å². The molecule has 2 rings (SSSR count). The molecule has 1 N–H and O–H groups in total. The number of hydrogen-bond donors (Lipinski definition) is 1. The molecule has 8 heteroatoms. The SMILES string of the molecule is CC(=O)OCC[C@@H]1S/C(=N\N=Cc2ccco2)NC1=O. The first-order valence-electron chi connectivity index (χ1n) is 5.90. The third-order valence-corrected chi connectivity index (χ3v) is 3.48. The van der Waals surface area contributed by atoms with Gasteiger partial charge in [-0.25, -0.2) is 0 Å². The van der Waals surface area contributed by atoms with E-state index in [0.717, 1.165) is 0 Å². The van der Waals surface area contributed by atoms with Crippen LogP contribution in [0.4, 0.5) is 0 Å². The predicted molar refractivity (Wildman–Crippen MR) is 74.5 cm³/mol. The summed E-state index contributed by atoms with van der Waals surface area (Å²) in [5.74, 6) is 0.0644. The molecule has 1 amide bonds. The van der Waals surface area contributed by atoms with Gasteiger partial charge in [0, 0.05) is 13.3 Å². The molecule has 0 saturated carbocycles. The number of carbonyl (C=O) groups excluding carboxylic acids is 2. The molecule has 7 nitrogen and oxygen atoms in total. The van der Waals surface area contributed by atoms with E-state index in [1.807, 2.05) is 0 Å². The number of furan rings is 1. The van der Waals surface area contributed by atoms with Crippen molar-refractivity contribution in [3.05, 3.63) is 24.2 Å². The van der Waals surface area contributed by atoms with E-state index >= 15 is 0 Å². The number of nitrogens with one attached hydrogen (secondary N) is 1. The Kier molecular flexibility index (Phi) is 4.94. The topological polar surface area (TPSA) is 93.3 Å². The summed E-state index contributed by atoms with van der Waals surface area (Å²) in [6.07, 6.45) is 3.43. The lowest BCUT2D eigenvalue weighted by atomic mass is 10.3. The van der Waals surface area contributed by atoms with Crippen LogP contribution in [-0.4, -0.2) is 35.1 Å². The number of hydrogen-bond acceptors (Lipinski definition) is 7. The van der Waals surface area contributed by atoms with Crippen molar-refractivity contribution in [1.29, 1.82) is 0 Å². The van der Waals surface area contributed by atoms with Gasteiger partial charge in [-0.3, -0.25) is 9.59 Å². The van der Waals surface area contributed by atoms with Crippen LogP contribution in [0.2, 0.25) is 0 Å². The van der Waals surface area contributed by atoms with Crippen LogP contribution in [0.25, 0.3) is 0 Å². The Morgan fingerprint density at radius 3 is 3.20 bits per heavy atom. The number of carbonyl (C=O) groups is 2. The molecule has 0 unspecified atom stereocenters. The number of esters is 1. The van der Waals surface area contributed by atoms with E-state index < -0.39 is 0 Å². The maximum absolute atomic E-state index is 11.6. The van der Waals surface area contributed by atoms with Crippen LogP contribution >= 0.6 is 11.8 Å². The molecule has 1 fully saturated rings. The Bertz CT molecular complexity index is 539. The van der Waals surface area contributed by atoms with Crippen LogP contribution in [0, 0.1) is 0 Å². The first kappa shape index (κ1) is 14.3. The Morgan fingerprint density at radius 1 is 1.65 bits per heavy atom. The van der Waals surface area contributed by atoms with Gasteiger partial charge in [0.15, 0.2) is 5.17 Å². The molecule has 106 valence electrons. The zero-order valence-corrected chi connectivity index (χ0v) is 11.6. The fourth-order valence-electron chi connectivity index (χ4n) is 1.45. The van der Waals surface area contributed by atoms with Crippen molar-refractivity contribution in [2.45, 2.75) is 18.6 Å². The van der Waals surface area contributed by atoms with E-state index in [4.69, 9.17) is 9.15 Å². The van der Waals surface area contributed by atoms with Gasteiger partial charge < -0.3 is 14.5 Å². The second kappa shape index (κ2) is 6.90. The van der Waals surface area contributed by atoms with E-state index in [9.17, 15) is 9.59 Å². The smallest absolute Gasteiger partial charge is 0.302 e. The second-order valence-electron chi connectivity index (χ2n) is 3.89. The van der Waals surface area contributed by atoms with Gasteiger partial charge in [0.05, 0.1) is 24.3 Å². The lowest BCUT2D eigenvalue weighted by Crippen LogP contribution is -2.25. The molecule has 0 spiro atoms. The Labute approximate surface area is 119 Å². The molecule has 0 aromatic carbocycles. The third kappa shape index (κ3) is 4.23. The standard InChI is InChI=1S/C12H13N3O4S/c1-8(16)18-6-4-10-11(17)14-12(20-10)15-13-7-9-3-2-5-19-9/h2-3,5,7,10H,4,6H2,1H3,(H,14,15,17)/t10-/m0/s1. The van der Waals surface area contributed by atoms with E-state index in [1.165, 1.54) is 31.2 Å². The van der Waals surface area contributed by atoms with Gasteiger partial charge in [-0.05, 0) is 12.1 Å². The van der Waals surface area contributed by atoms with E-state index in [1.54, 1.807) is 12.1 Å². The molecule has 0 bridgehead atoms. The summed E-state index contributed by atoms with van der Waals surface area (Å²) in [5.41, 5.74) is 0. The molecule has 2 heterocycles. The summed E-state index contributed by atoms with van der Waals surface area (Å²) in [5, 5.41) is 10.4. The van der Waals surface area contributed by atoms with Gasteiger partial charge in [0.25, 0.3) is 0 Å². The molecule has 1 aliphatic heterocycles. The van der Waals surface area contributed by atoms with E-state index in [-0.39, 0.29) is 23.7 Å². The van der Waals surface area contributed by atoms with Crippen LogP contribution in [0.15, 0.2) is 33.0 Å². The average molecular weight is 295 g/mol. The summed E-state index contributed by atoms with van der Waals surface area (Å²) in [6, 6.07) is 3.48. The minimum atomic E-state index is -0.356. The van der Waals surface area contributed by atoms with Crippen molar-refractivity contribution in [2.75, 3.05) is 6.61 Å². The largest absolute Gasteiger partial charge is 0.466 e. The second-order valence-corrected chi connectivity index (χ2v) is 5.08. The van der Waals surface area contributed by atoms with Gasteiger partial charge in [0.2, 0.25) is 5.91 Å². The quantitative estimate of drug-likeness (QED) is 0.500. The molecular formula is C12H13N3O4S. The molecule has 0 radical (unpaired) electrons. The molecule has 1 aromatic heterocycles. The summed E-state index contributed by atoms with van der Waals surface area (Å²) in [6.45, 7) is 1.54. The van der Waals surface area contributed by atoms with Gasteiger partial charge >= 0.3 is 5.97 Å². The first-order chi connectivity index (χ1) is 9.65. The lowest BCUT2D eigenvalue weighted by molar-refractivity contribution is -0.141. The fourth-order valence-corrected chi connectivity index (χ4v) is 2.36. The van der Waals surface area contributed by atoms with Crippen LogP contribution in [0.5, 0.6) is 0 Å². The molecular weight excluding hydrogens is 282 g/mol. The third-order valence-electron chi connectivity index (χ3n) is 2.34. The number of amidine groups is 1. The number of amides is 1. The van der Waals surface area contributed by atoms with Crippen LogP contribution in [0.1, 0.15) is 19.1 Å². The van der Waals surface area contributed by atoms with Crippen molar-refractivity contribution in [1.82, 2.24) is 5.32 Å². The fraction of sp³-hybridized carbons (Fsp3) is 0.333. The summed E-state index contributed by atoms with van der Waals surface area (Å²) in [4.78, 5) is 22.3. The van der Waals surface area contributed by atoms with Gasteiger partial charge in [-0.15, -0.1) is 5.10 Å². The molecule has 1 saturated heterocycles. The normalized spacial score (nSPS) is 20.6. The highest BCUT2D eigenvalue weighted by Crippen LogP contribution is 2.22. The highest BCUT2D eigenvalue weighted by Gasteiger charge is 2.30. The van der Waals surface area contributed by atoms with Crippen LogP contribution in [0.3, 0.4) is 0 Å².